The molecule has 4 heteroatoms. The number of unbranched alkanes of at least 4 members (excludes halogenated alkanes) is 6. The van der Waals surface area contributed by atoms with Gasteiger partial charge in [-0.25, -0.2) is 4.98 Å². The molecular formula is C22H32N2OS. The van der Waals surface area contributed by atoms with Crippen LogP contribution in [0.25, 0.3) is 10.2 Å². The number of hydrogen-bond donors (Lipinski definition) is 1. The lowest BCUT2D eigenvalue weighted by Crippen LogP contribution is -2.32. The van der Waals surface area contributed by atoms with Gasteiger partial charge in [-0.2, -0.15) is 0 Å². The second kappa shape index (κ2) is 10.1. The smallest absolute Gasteiger partial charge is 0.251 e. The molecule has 142 valence electrons. The first-order chi connectivity index (χ1) is 12.8. The van der Waals surface area contributed by atoms with Crippen molar-refractivity contribution in [2.45, 2.75) is 90.0 Å². The predicted molar refractivity (Wildman–Crippen MR) is 111 cm³/mol. The van der Waals surface area contributed by atoms with Gasteiger partial charge in [-0.1, -0.05) is 58.3 Å². The minimum atomic E-state index is 0.0702. The van der Waals surface area contributed by atoms with E-state index in [2.05, 4.69) is 12.2 Å². The summed E-state index contributed by atoms with van der Waals surface area (Å²) >= 11 is 1.75. The molecule has 1 N–H and O–H groups in total. The van der Waals surface area contributed by atoms with E-state index in [1.807, 2.05) is 18.2 Å². The van der Waals surface area contributed by atoms with Crippen LogP contribution < -0.4 is 5.32 Å². The topological polar surface area (TPSA) is 42.0 Å². The average Bonchev–Trinajstić information content (AvgIpc) is 3.29. The zero-order valence-corrected chi connectivity index (χ0v) is 16.9. The normalized spacial score (nSPS) is 15.0. The summed E-state index contributed by atoms with van der Waals surface area (Å²) in [6, 6.07) is 6.31. The molecular weight excluding hydrogens is 340 g/mol. The van der Waals surface area contributed by atoms with Gasteiger partial charge in [0.05, 0.1) is 15.2 Å². The molecule has 3 nitrogen and oxygen atoms in total. The molecule has 1 aliphatic rings. The maximum atomic E-state index is 12.4. The molecule has 0 radical (unpaired) electrons. The first-order valence-electron chi connectivity index (χ1n) is 10.5. The molecule has 0 aliphatic heterocycles. The van der Waals surface area contributed by atoms with Crippen LogP contribution in [0.15, 0.2) is 18.2 Å². The molecule has 0 unspecified atom stereocenters. The van der Waals surface area contributed by atoms with Crippen LogP contribution in [0.4, 0.5) is 0 Å². The van der Waals surface area contributed by atoms with Crippen molar-refractivity contribution in [1.29, 1.82) is 0 Å². The van der Waals surface area contributed by atoms with Gasteiger partial charge in [0, 0.05) is 11.6 Å². The first-order valence-corrected chi connectivity index (χ1v) is 11.3. The van der Waals surface area contributed by atoms with E-state index in [0.717, 1.165) is 35.0 Å². The predicted octanol–water partition coefficient (Wildman–Crippen LogP) is 6.26. The zero-order valence-electron chi connectivity index (χ0n) is 16.1. The number of thiazole rings is 1. The highest BCUT2D eigenvalue weighted by Gasteiger charge is 2.18. The van der Waals surface area contributed by atoms with Crippen molar-refractivity contribution in [1.82, 2.24) is 10.3 Å². The van der Waals surface area contributed by atoms with Gasteiger partial charge < -0.3 is 5.32 Å². The highest BCUT2D eigenvalue weighted by atomic mass is 32.1. The van der Waals surface area contributed by atoms with Crippen molar-refractivity contribution in [3.63, 3.8) is 0 Å². The van der Waals surface area contributed by atoms with Crippen LogP contribution in [0.2, 0.25) is 0 Å². The number of nitrogens with zero attached hydrogens (tertiary/aromatic N) is 1. The van der Waals surface area contributed by atoms with Crippen LogP contribution in [0, 0.1) is 0 Å². The number of carbonyl (C=O) groups is 1. The molecule has 0 bridgehead atoms. The molecule has 0 saturated heterocycles. The molecule has 1 aromatic heterocycles. The number of rotatable bonds is 10. The average molecular weight is 373 g/mol. The van der Waals surface area contributed by atoms with Gasteiger partial charge in [0.25, 0.3) is 5.91 Å². The van der Waals surface area contributed by atoms with Crippen LogP contribution in [0.5, 0.6) is 0 Å². The first kappa shape index (κ1) is 19.3. The molecule has 3 rings (SSSR count). The third kappa shape index (κ3) is 5.54. The number of aryl methyl sites for hydroxylation is 1. The Morgan fingerprint density at radius 2 is 1.85 bits per heavy atom. The number of fused-ring (bicyclic) bond motifs is 1. The fourth-order valence-electron chi connectivity index (χ4n) is 3.79. The molecule has 1 aromatic carbocycles. The summed E-state index contributed by atoms with van der Waals surface area (Å²) in [5.74, 6) is 0.0702. The van der Waals surface area contributed by atoms with E-state index in [1.165, 1.54) is 62.8 Å². The van der Waals surface area contributed by atoms with Crippen molar-refractivity contribution < 1.29 is 4.79 Å². The van der Waals surface area contributed by atoms with Gasteiger partial charge >= 0.3 is 0 Å². The maximum Gasteiger partial charge on any atom is 0.251 e. The zero-order chi connectivity index (χ0) is 18.2. The van der Waals surface area contributed by atoms with Gasteiger partial charge in [0.2, 0.25) is 0 Å². The Balaban J connectivity index is 1.49. The quantitative estimate of drug-likeness (QED) is 0.500. The van der Waals surface area contributed by atoms with E-state index >= 15 is 0 Å². The van der Waals surface area contributed by atoms with Crippen molar-refractivity contribution in [3.8, 4) is 0 Å². The van der Waals surface area contributed by atoms with Crippen molar-refractivity contribution in [2.75, 3.05) is 0 Å². The Labute approximate surface area is 161 Å². The number of hydrogen-bond acceptors (Lipinski definition) is 3. The van der Waals surface area contributed by atoms with E-state index in [9.17, 15) is 4.79 Å². The van der Waals surface area contributed by atoms with Gasteiger partial charge in [-0.05, 0) is 43.9 Å². The number of aromatic nitrogens is 1. The van der Waals surface area contributed by atoms with Crippen LogP contribution in [0.1, 0.15) is 92.9 Å². The summed E-state index contributed by atoms with van der Waals surface area (Å²) in [6.45, 7) is 2.26. The second-order valence-electron chi connectivity index (χ2n) is 7.62. The Hall–Kier alpha value is -1.42. The fraction of sp³-hybridized carbons (Fsp3) is 0.636. The largest absolute Gasteiger partial charge is 0.349 e. The lowest BCUT2D eigenvalue weighted by atomic mass is 10.1. The van der Waals surface area contributed by atoms with Crippen LogP contribution in [-0.2, 0) is 6.42 Å². The fourth-order valence-corrected chi connectivity index (χ4v) is 4.84. The van der Waals surface area contributed by atoms with Crippen molar-refractivity contribution >= 4 is 27.5 Å². The summed E-state index contributed by atoms with van der Waals surface area (Å²) < 4.78 is 1.14. The Kier molecular flexibility index (Phi) is 7.48. The second-order valence-corrected chi connectivity index (χ2v) is 8.73. The lowest BCUT2D eigenvalue weighted by molar-refractivity contribution is 0.0938. The molecule has 2 aromatic rings. The number of carbonyl (C=O) groups excluding carboxylic acids is 1. The highest BCUT2D eigenvalue weighted by Crippen LogP contribution is 2.25. The molecule has 0 atom stereocenters. The van der Waals surface area contributed by atoms with E-state index < -0.39 is 0 Å². The van der Waals surface area contributed by atoms with Gasteiger partial charge in [0.15, 0.2) is 0 Å². The number of nitrogens with one attached hydrogen (secondary N) is 1. The molecule has 1 aliphatic carbocycles. The summed E-state index contributed by atoms with van der Waals surface area (Å²) in [7, 11) is 0. The highest BCUT2D eigenvalue weighted by molar-refractivity contribution is 7.18. The maximum absolute atomic E-state index is 12.4. The summed E-state index contributed by atoms with van der Waals surface area (Å²) in [6.07, 6.45) is 15.1. The summed E-state index contributed by atoms with van der Waals surface area (Å²) in [5.41, 5.74) is 1.81. The van der Waals surface area contributed by atoms with E-state index in [1.54, 1.807) is 11.3 Å². The molecule has 1 heterocycles. The third-order valence-corrected chi connectivity index (χ3v) is 6.46. The standard InChI is InChI=1S/C22H32N2OS/c1-2-3-4-5-6-7-8-13-21-24-19-15-14-17(16-20(19)26-21)22(25)23-18-11-9-10-12-18/h14-16,18H,2-13H2,1H3,(H,23,25). The van der Waals surface area contributed by atoms with Crippen LogP contribution >= 0.6 is 11.3 Å². The molecule has 26 heavy (non-hydrogen) atoms. The van der Waals surface area contributed by atoms with Gasteiger partial charge in [0.1, 0.15) is 0 Å². The molecule has 1 saturated carbocycles. The Morgan fingerprint density at radius 3 is 2.62 bits per heavy atom. The molecule has 1 amide bonds. The monoisotopic (exact) mass is 372 g/mol. The molecule has 0 spiro atoms. The number of amides is 1. The van der Waals surface area contributed by atoms with Crippen molar-refractivity contribution in [3.05, 3.63) is 28.8 Å². The summed E-state index contributed by atoms with van der Waals surface area (Å²) in [4.78, 5) is 17.2. The lowest BCUT2D eigenvalue weighted by Gasteiger charge is -2.11. The van der Waals surface area contributed by atoms with E-state index in [0.29, 0.717) is 6.04 Å². The van der Waals surface area contributed by atoms with E-state index in [4.69, 9.17) is 4.98 Å². The minimum absolute atomic E-state index is 0.0702. The van der Waals surface area contributed by atoms with Gasteiger partial charge in [-0.15, -0.1) is 11.3 Å². The van der Waals surface area contributed by atoms with Gasteiger partial charge in [-0.3, -0.25) is 4.79 Å². The van der Waals surface area contributed by atoms with Crippen LogP contribution in [0.3, 0.4) is 0 Å². The minimum Gasteiger partial charge on any atom is -0.349 e. The Bertz CT molecular complexity index is 703. The summed E-state index contributed by atoms with van der Waals surface area (Å²) in [5, 5.41) is 4.38. The van der Waals surface area contributed by atoms with Crippen LogP contribution in [-0.4, -0.2) is 16.9 Å². The Morgan fingerprint density at radius 1 is 1.12 bits per heavy atom. The van der Waals surface area contributed by atoms with E-state index in [-0.39, 0.29) is 5.91 Å². The molecule has 1 fully saturated rings. The van der Waals surface area contributed by atoms with Crippen molar-refractivity contribution in [2.24, 2.45) is 0 Å². The third-order valence-electron chi connectivity index (χ3n) is 5.38. The number of benzene rings is 1. The SMILES string of the molecule is CCCCCCCCCc1nc2ccc(C(=O)NC3CCCC3)cc2s1.